The van der Waals surface area contributed by atoms with Crippen LogP contribution in [0.4, 0.5) is 11.4 Å². The van der Waals surface area contributed by atoms with Gasteiger partial charge >= 0.3 is 0 Å². The van der Waals surface area contributed by atoms with Gasteiger partial charge in [-0.25, -0.2) is 0 Å². The molecule has 5 heteroatoms. The average molecular weight is 320 g/mol. The first kappa shape index (κ1) is 16.0. The molecule has 24 heavy (non-hydrogen) atoms. The first-order valence-electron chi connectivity index (χ1n) is 8.04. The van der Waals surface area contributed by atoms with Gasteiger partial charge in [0, 0.05) is 37.7 Å². The summed E-state index contributed by atoms with van der Waals surface area (Å²) >= 11 is 0. The lowest BCUT2D eigenvalue weighted by Gasteiger charge is -2.23. The molecule has 5 nitrogen and oxygen atoms in total. The molecule has 0 aliphatic carbocycles. The summed E-state index contributed by atoms with van der Waals surface area (Å²) in [6.45, 7) is 3.32. The summed E-state index contributed by atoms with van der Waals surface area (Å²) in [5.74, 6) is 0.0585. The Hall–Kier alpha value is -2.87. The Balaban J connectivity index is 1.75. The molecule has 0 spiro atoms. The highest BCUT2D eigenvalue weighted by Crippen LogP contribution is 2.28. The first-order chi connectivity index (χ1) is 11.6. The lowest BCUT2D eigenvalue weighted by atomic mass is 10.1. The predicted molar refractivity (Wildman–Crippen MR) is 93.9 cm³/mol. The Labute approximate surface area is 142 Å². The van der Waals surface area contributed by atoms with E-state index in [2.05, 4.69) is 16.0 Å². The molecule has 3 rings (SSSR count). The standard InChI is InChI=1S/C19H20N4O/c1-14-10-18(16(11-20)12-21-14)23-9-8-15(13-23)19(24)22(2)17-6-4-3-5-7-17/h3-7,10,12,15H,8-9,13H2,1-2H3/t15-/m1/s1. The van der Waals surface area contributed by atoms with E-state index in [1.807, 2.05) is 50.4 Å². The normalized spacial score (nSPS) is 16.7. The molecule has 1 atom stereocenters. The summed E-state index contributed by atoms with van der Waals surface area (Å²) < 4.78 is 0. The number of benzene rings is 1. The number of carbonyl (C=O) groups is 1. The molecule has 1 aliphatic heterocycles. The minimum atomic E-state index is -0.0600. The summed E-state index contributed by atoms with van der Waals surface area (Å²) in [4.78, 5) is 20.8. The molecule has 0 radical (unpaired) electrons. The molecule has 2 aromatic rings. The van der Waals surface area contributed by atoms with Gasteiger partial charge in [-0.1, -0.05) is 18.2 Å². The van der Waals surface area contributed by atoms with Crippen LogP contribution in [-0.2, 0) is 4.79 Å². The van der Waals surface area contributed by atoms with E-state index in [0.29, 0.717) is 12.1 Å². The fraction of sp³-hybridized carbons (Fsp3) is 0.316. The minimum Gasteiger partial charge on any atom is -0.370 e. The molecule has 1 aromatic carbocycles. The number of amides is 1. The number of anilines is 2. The maximum Gasteiger partial charge on any atom is 0.231 e. The van der Waals surface area contributed by atoms with Crippen molar-refractivity contribution in [3.05, 3.63) is 53.9 Å². The Morgan fingerprint density at radius 1 is 1.38 bits per heavy atom. The van der Waals surface area contributed by atoms with Gasteiger partial charge in [-0.3, -0.25) is 9.78 Å². The lowest BCUT2D eigenvalue weighted by molar-refractivity contribution is -0.121. The molecule has 2 heterocycles. The Bertz CT molecular complexity index is 782. The van der Waals surface area contributed by atoms with Crippen molar-refractivity contribution < 1.29 is 4.79 Å². The van der Waals surface area contributed by atoms with E-state index in [4.69, 9.17) is 0 Å². The number of aryl methyl sites for hydroxylation is 1. The molecule has 0 unspecified atom stereocenters. The van der Waals surface area contributed by atoms with Crippen molar-refractivity contribution in [2.24, 2.45) is 5.92 Å². The van der Waals surface area contributed by atoms with E-state index < -0.39 is 0 Å². The zero-order chi connectivity index (χ0) is 17.1. The van der Waals surface area contributed by atoms with E-state index in [1.165, 1.54) is 0 Å². The summed E-state index contributed by atoms with van der Waals surface area (Å²) in [7, 11) is 1.82. The number of pyridine rings is 1. The number of para-hydroxylation sites is 1. The maximum absolute atomic E-state index is 12.8. The SMILES string of the molecule is Cc1cc(N2CC[C@@H](C(=O)N(C)c3ccccc3)C2)c(C#N)cn1. The number of aromatic nitrogens is 1. The predicted octanol–water partition coefficient (Wildman–Crippen LogP) is 2.75. The third-order valence-corrected chi connectivity index (χ3v) is 4.49. The number of nitriles is 1. The number of hydrogen-bond donors (Lipinski definition) is 0. The van der Waals surface area contributed by atoms with Gasteiger partial charge in [0.1, 0.15) is 6.07 Å². The smallest absolute Gasteiger partial charge is 0.231 e. The second kappa shape index (κ2) is 6.71. The van der Waals surface area contributed by atoms with Crippen LogP contribution in [0, 0.1) is 24.2 Å². The van der Waals surface area contributed by atoms with E-state index >= 15 is 0 Å². The van der Waals surface area contributed by atoms with Crippen molar-refractivity contribution in [3.63, 3.8) is 0 Å². The molecule has 0 saturated carbocycles. The van der Waals surface area contributed by atoms with Crippen molar-refractivity contribution in [2.75, 3.05) is 29.9 Å². The lowest BCUT2D eigenvalue weighted by Crippen LogP contribution is -2.34. The van der Waals surface area contributed by atoms with E-state index in [1.54, 1.807) is 11.1 Å². The maximum atomic E-state index is 12.8. The van der Waals surface area contributed by atoms with Gasteiger partial charge in [0.2, 0.25) is 5.91 Å². The van der Waals surface area contributed by atoms with Gasteiger partial charge in [0.25, 0.3) is 0 Å². The molecule has 0 N–H and O–H groups in total. The van der Waals surface area contributed by atoms with Gasteiger partial charge in [-0.15, -0.1) is 0 Å². The monoisotopic (exact) mass is 320 g/mol. The highest BCUT2D eigenvalue weighted by atomic mass is 16.2. The molecular weight excluding hydrogens is 300 g/mol. The molecule has 1 fully saturated rings. The third-order valence-electron chi connectivity index (χ3n) is 4.49. The molecule has 0 bridgehead atoms. The fourth-order valence-corrected chi connectivity index (χ4v) is 3.13. The second-order valence-corrected chi connectivity index (χ2v) is 6.12. The molecule has 122 valence electrons. The zero-order valence-electron chi connectivity index (χ0n) is 13.9. The minimum absolute atomic E-state index is 0.0600. The van der Waals surface area contributed by atoms with Gasteiger partial charge in [-0.2, -0.15) is 5.26 Å². The zero-order valence-corrected chi connectivity index (χ0v) is 13.9. The first-order valence-corrected chi connectivity index (χ1v) is 8.04. The van der Waals surface area contributed by atoms with Crippen molar-refractivity contribution >= 4 is 17.3 Å². The van der Waals surface area contributed by atoms with Gasteiger partial charge in [0.05, 0.1) is 17.2 Å². The van der Waals surface area contributed by atoms with Crippen LogP contribution < -0.4 is 9.80 Å². The Morgan fingerprint density at radius 2 is 2.12 bits per heavy atom. The van der Waals surface area contributed by atoms with Gasteiger partial charge in [0.15, 0.2) is 0 Å². The largest absolute Gasteiger partial charge is 0.370 e. The van der Waals surface area contributed by atoms with Crippen molar-refractivity contribution in [1.82, 2.24) is 4.98 Å². The summed E-state index contributed by atoms with van der Waals surface area (Å²) in [5.41, 5.74) is 3.21. The molecule has 1 aromatic heterocycles. The highest BCUT2D eigenvalue weighted by molar-refractivity contribution is 5.95. The second-order valence-electron chi connectivity index (χ2n) is 6.12. The van der Waals surface area contributed by atoms with Crippen LogP contribution in [0.1, 0.15) is 17.7 Å². The topological polar surface area (TPSA) is 60.2 Å². The van der Waals surface area contributed by atoms with Crippen LogP contribution in [0.5, 0.6) is 0 Å². The molecule has 1 amide bonds. The van der Waals surface area contributed by atoms with Crippen LogP contribution in [-0.4, -0.2) is 31.0 Å². The van der Waals surface area contributed by atoms with Crippen LogP contribution in [0.15, 0.2) is 42.6 Å². The number of rotatable bonds is 3. The van der Waals surface area contributed by atoms with Gasteiger partial charge in [-0.05, 0) is 31.5 Å². The van der Waals surface area contributed by atoms with Crippen LogP contribution in [0.3, 0.4) is 0 Å². The molecular formula is C19H20N4O. The number of carbonyl (C=O) groups excluding carboxylic acids is 1. The van der Waals surface area contributed by atoms with E-state index in [9.17, 15) is 10.1 Å². The van der Waals surface area contributed by atoms with Crippen molar-refractivity contribution in [2.45, 2.75) is 13.3 Å². The number of nitrogens with zero attached hydrogens (tertiary/aromatic N) is 4. The third kappa shape index (κ3) is 3.09. The number of hydrogen-bond acceptors (Lipinski definition) is 4. The van der Waals surface area contributed by atoms with Crippen molar-refractivity contribution in [3.8, 4) is 6.07 Å². The van der Waals surface area contributed by atoms with E-state index in [-0.39, 0.29) is 11.8 Å². The van der Waals surface area contributed by atoms with Crippen LogP contribution in [0.25, 0.3) is 0 Å². The molecule has 1 aliphatic rings. The van der Waals surface area contributed by atoms with Crippen LogP contribution in [0.2, 0.25) is 0 Å². The Kier molecular flexibility index (Phi) is 4.48. The van der Waals surface area contributed by atoms with Gasteiger partial charge < -0.3 is 9.80 Å². The highest BCUT2D eigenvalue weighted by Gasteiger charge is 2.31. The summed E-state index contributed by atoms with van der Waals surface area (Å²) in [6.07, 6.45) is 2.40. The quantitative estimate of drug-likeness (QED) is 0.872. The van der Waals surface area contributed by atoms with Crippen LogP contribution >= 0.6 is 0 Å². The van der Waals surface area contributed by atoms with Crippen molar-refractivity contribution in [1.29, 1.82) is 5.26 Å². The summed E-state index contributed by atoms with van der Waals surface area (Å²) in [6, 6.07) is 13.8. The summed E-state index contributed by atoms with van der Waals surface area (Å²) in [5, 5.41) is 9.29. The molecule has 1 saturated heterocycles. The Morgan fingerprint density at radius 3 is 2.83 bits per heavy atom. The van der Waals surface area contributed by atoms with E-state index in [0.717, 1.165) is 30.0 Å². The average Bonchev–Trinajstić information content (AvgIpc) is 3.11. The fourth-order valence-electron chi connectivity index (χ4n) is 3.13.